The predicted octanol–water partition coefficient (Wildman–Crippen LogP) is 3.62. The number of nitrogens with one attached hydrogen (secondary N) is 2. The second-order valence-corrected chi connectivity index (χ2v) is 5.83. The molecule has 3 aromatic rings. The Bertz CT molecular complexity index is 902. The third-order valence-corrected chi connectivity index (χ3v) is 4.00. The number of hydrogen-bond acceptors (Lipinski definition) is 4. The summed E-state index contributed by atoms with van der Waals surface area (Å²) < 4.78 is 39.5. The first-order valence-corrected chi connectivity index (χ1v) is 8.07. The van der Waals surface area contributed by atoms with Crippen molar-refractivity contribution in [1.29, 1.82) is 0 Å². The van der Waals surface area contributed by atoms with Crippen molar-refractivity contribution in [2.75, 3.05) is 11.1 Å². The monoisotopic (exact) mass is 364 g/mol. The average molecular weight is 364 g/mol. The lowest BCUT2D eigenvalue weighted by atomic mass is 10.2. The van der Waals surface area contributed by atoms with Crippen LogP contribution in [0.5, 0.6) is 0 Å². The summed E-state index contributed by atoms with van der Waals surface area (Å²) in [5.41, 5.74) is 0.416. The van der Waals surface area contributed by atoms with Crippen LogP contribution in [0.2, 0.25) is 0 Å². The van der Waals surface area contributed by atoms with Gasteiger partial charge in [-0.3, -0.25) is 9.89 Å². The second-order valence-electron chi connectivity index (χ2n) is 4.89. The highest BCUT2D eigenvalue weighted by Crippen LogP contribution is 2.21. The van der Waals surface area contributed by atoms with E-state index < -0.39 is 29.0 Å². The number of nitrogens with zero attached hydrogens (tertiary/aromatic N) is 2. The molecular formula is C16H11F3N4OS. The fourth-order valence-electron chi connectivity index (χ4n) is 1.97. The zero-order valence-electron chi connectivity index (χ0n) is 12.6. The quantitative estimate of drug-likeness (QED) is 0.536. The number of benzene rings is 2. The van der Waals surface area contributed by atoms with Crippen LogP contribution in [0.4, 0.5) is 18.9 Å². The predicted molar refractivity (Wildman–Crippen MR) is 87.5 cm³/mol. The second kappa shape index (κ2) is 7.39. The fraction of sp³-hybridized carbons (Fsp3) is 0.0625. The Labute approximate surface area is 144 Å². The van der Waals surface area contributed by atoms with Crippen LogP contribution in [0.3, 0.4) is 0 Å². The SMILES string of the molecule is O=C(CSc1n[nH]c(-c2ccccc2)n1)Nc1ccc(F)c(F)c1F. The minimum absolute atomic E-state index is 0.121. The molecule has 0 fully saturated rings. The summed E-state index contributed by atoms with van der Waals surface area (Å²) in [5, 5.41) is 9.24. The normalized spacial score (nSPS) is 10.7. The Morgan fingerprint density at radius 3 is 2.60 bits per heavy atom. The highest BCUT2D eigenvalue weighted by atomic mass is 32.2. The molecule has 0 bridgehead atoms. The van der Waals surface area contributed by atoms with Crippen LogP contribution in [0, 0.1) is 17.5 Å². The average Bonchev–Trinajstić information content (AvgIpc) is 3.10. The zero-order chi connectivity index (χ0) is 17.8. The maximum absolute atomic E-state index is 13.5. The topological polar surface area (TPSA) is 70.7 Å². The summed E-state index contributed by atoms with van der Waals surface area (Å²) in [4.78, 5) is 16.1. The van der Waals surface area contributed by atoms with Gasteiger partial charge in [0.25, 0.3) is 0 Å². The van der Waals surface area contributed by atoms with E-state index in [9.17, 15) is 18.0 Å². The molecule has 0 radical (unpaired) electrons. The van der Waals surface area contributed by atoms with Crippen LogP contribution in [-0.2, 0) is 4.79 Å². The highest BCUT2D eigenvalue weighted by molar-refractivity contribution is 7.99. The Kier molecular flexibility index (Phi) is 5.03. The summed E-state index contributed by atoms with van der Waals surface area (Å²) in [5.74, 6) is -4.56. The lowest BCUT2D eigenvalue weighted by Crippen LogP contribution is -2.16. The van der Waals surface area contributed by atoms with E-state index in [1.807, 2.05) is 30.3 Å². The molecule has 0 unspecified atom stereocenters. The van der Waals surface area contributed by atoms with Gasteiger partial charge in [0, 0.05) is 5.56 Å². The van der Waals surface area contributed by atoms with Crippen molar-refractivity contribution < 1.29 is 18.0 Å². The van der Waals surface area contributed by atoms with Crippen molar-refractivity contribution in [2.24, 2.45) is 0 Å². The first-order chi connectivity index (χ1) is 12.0. The van der Waals surface area contributed by atoms with E-state index in [1.165, 1.54) is 0 Å². The van der Waals surface area contributed by atoms with Gasteiger partial charge in [-0.05, 0) is 12.1 Å². The number of rotatable bonds is 5. The minimum atomic E-state index is -1.63. The van der Waals surface area contributed by atoms with Crippen molar-refractivity contribution in [3.05, 3.63) is 59.9 Å². The molecule has 9 heteroatoms. The first kappa shape index (κ1) is 17.0. The van der Waals surface area contributed by atoms with Gasteiger partial charge in [0.15, 0.2) is 23.3 Å². The molecule has 2 N–H and O–H groups in total. The number of amides is 1. The Hall–Kier alpha value is -2.81. The molecule has 25 heavy (non-hydrogen) atoms. The standard InChI is InChI=1S/C16H11F3N4OS/c17-10-6-7-11(14(19)13(10)18)20-12(24)8-25-16-21-15(22-23-16)9-4-2-1-3-5-9/h1-7H,8H2,(H,20,24)(H,21,22,23). The molecule has 0 saturated heterocycles. The zero-order valence-corrected chi connectivity index (χ0v) is 13.4. The molecule has 0 aliphatic heterocycles. The molecule has 128 valence electrons. The lowest BCUT2D eigenvalue weighted by molar-refractivity contribution is -0.113. The molecule has 0 saturated carbocycles. The first-order valence-electron chi connectivity index (χ1n) is 7.08. The van der Waals surface area contributed by atoms with Gasteiger partial charge in [-0.15, -0.1) is 5.10 Å². The summed E-state index contributed by atoms with van der Waals surface area (Å²) >= 11 is 1.02. The van der Waals surface area contributed by atoms with E-state index in [0.717, 1.165) is 29.5 Å². The van der Waals surface area contributed by atoms with Crippen molar-refractivity contribution in [3.63, 3.8) is 0 Å². The summed E-state index contributed by atoms with van der Waals surface area (Å²) in [7, 11) is 0. The summed E-state index contributed by atoms with van der Waals surface area (Å²) in [6.45, 7) is 0. The molecule has 0 atom stereocenters. The number of thioether (sulfide) groups is 1. The van der Waals surface area contributed by atoms with Gasteiger partial charge in [-0.25, -0.2) is 18.2 Å². The van der Waals surface area contributed by atoms with Crippen molar-refractivity contribution in [1.82, 2.24) is 15.2 Å². The Morgan fingerprint density at radius 2 is 1.84 bits per heavy atom. The van der Waals surface area contributed by atoms with Gasteiger partial charge in [-0.1, -0.05) is 42.1 Å². The van der Waals surface area contributed by atoms with Crippen LogP contribution >= 0.6 is 11.8 Å². The van der Waals surface area contributed by atoms with Gasteiger partial charge in [0.05, 0.1) is 11.4 Å². The third-order valence-electron chi connectivity index (χ3n) is 3.15. The van der Waals surface area contributed by atoms with Crippen LogP contribution in [0.15, 0.2) is 47.6 Å². The number of aromatic amines is 1. The highest BCUT2D eigenvalue weighted by Gasteiger charge is 2.16. The van der Waals surface area contributed by atoms with E-state index >= 15 is 0 Å². The van der Waals surface area contributed by atoms with E-state index in [0.29, 0.717) is 11.0 Å². The van der Waals surface area contributed by atoms with Gasteiger partial charge < -0.3 is 5.32 Å². The maximum Gasteiger partial charge on any atom is 0.234 e. The molecule has 2 aromatic carbocycles. The summed E-state index contributed by atoms with van der Waals surface area (Å²) in [6, 6.07) is 11.0. The molecule has 3 rings (SSSR count). The van der Waals surface area contributed by atoms with Crippen molar-refractivity contribution >= 4 is 23.4 Å². The fourth-order valence-corrected chi connectivity index (χ4v) is 2.57. The smallest absolute Gasteiger partial charge is 0.234 e. The van der Waals surface area contributed by atoms with Gasteiger partial charge in [0.2, 0.25) is 11.1 Å². The third kappa shape index (κ3) is 4.00. The molecule has 0 aliphatic rings. The molecular weight excluding hydrogens is 353 g/mol. The molecule has 1 aromatic heterocycles. The van der Waals surface area contributed by atoms with Gasteiger partial charge >= 0.3 is 0 Å². The molecule has 1 amide bonds. The van der Waals surface area contributed by atoms with Crippen LogP contribution in [0.25, 0.3) is 11.4 Å². The number of halogens is 3. The number of carbonyl (C=O) groups excluding carboxylic acids is 1. The molecule has 1 heterocycles. The van der Waals surface area contributed by atoms with E-state index in [2.05, 4.69) is 20.5 Å². The maximum atomic E-state index is 13.5. The Morgan fingerprint density at radius 1 is 1.08 bits per heavy atom. The van der Waals surface area contributed by atoms with Crippen molar-refractivity contribution in [3.8, 4) is 11.4 Å². The van der Waals surface area contributed by atoms with Crippen molar-refractivity contribution in [2.45, 2.75) is 5.16 Å². The largest absolute Gasteiger partial charge is 0.323 e. The summed E-state index contributed by atoms with van der Waals surface area (Å²) in [6.07, 6.45) is 0. The van der Waals surface area contributed by atoms with Gasteiger partial charge in [-0.2, -0.15) is 0 Å². The molecule has 5 nitrogen and oxygen atoms in total. The Balaban J connectivity index is 1.60. The molecule has 0 aliphatic carbocycles. The van der Waals surface area contributed by atoms with E-state index in [4.69, 9.17) is 0 Å². The number of carbonyl (C=O) groups is 1. The van der Waals surface area contributed by atoms with Gasteiger partial charge in [0.1, 0.15) is 0 Å². The lowest BCUT2D eigenvalue weighted by Gasteiger charge is -2.06. The van der Waals surface area contributed by atoms with Crippen LogP contribution in [0.1, 0.15) is 0 Å². The van der Waals surface area contributed by atoms with E-state index in [-0.39, 0.29) is 5.75 Å². The van der Waals surface area contributed by atoms with Crippen LogP contribution in [-0.4, -0.2) is 26.8 Å². The number of anilines is 1. The van der Waals surface area contributed by atoms with Crippen LogP contribution < -0.4 is 5.32 Å². The minimum Gasteiger partial charge on any atom is -0.323 e. The molecule has 0 spiro atoms. The number of hydrogen-bond donors (Lipinski definition) is 2. The number of aromatic nitrogens is 3. The number of H-pyrrole nitrogens is 1. The van der Waals surface area contributed by atoms with E-state index in [1.54, 1.807) is 0 Å².